The first-order valence-electron chi connectivity index (χ1n) is 5.03. The van der Waals surface area contributed by atoms with Gasteiger partial charge in [0.15, 0.2) is 4.77 Å². The molecule has 5 heteroatoms. The number of hydrogen-bond acceptors (Lipinski definition) is 3. The summed E-state index contributed by atoms with van der Waals surface area (Å²) < 4.78 is 7.33. The minimum absolute atomic E-state index is 0.143. The molecule has 4 nitrogen and oxygen atoms in total. The normalized spacial score (nSPS) is 10.5. The molecule has 0 aromatic carbocycles. The Hall–Kier alpha value is -0.940. The van der Waals surface area contributed by atoms with Gasteiger partial charge in [-0.05, 0) is 31.5 Å². The number of aromatic nitrogens is 2. The zero-order valence-corrected chi connectivity index (χ0v) is 9.68. The van der Waals surface area contributed by atoms with Gasteiger partial charge in [-0.3, -0.25) is 9.78 Å². The first-order chi connectivity index (χ1) is 7.24. The van der Waals surface area contributed by atoms with Crippen LogP contribution in [0.5, 0.6) is 0 Å². The van der Waals surface area contributed by atoms with Crippen LogP contribution in [0, 0.1) is 4.77 Å². The van der Waals surface area contributed by atoms with Gasteiger partial charge < -0.3 is 9.30 Å². The van der Waals surface area contributed by atoms with Crippen molar-refractivity contribution in [3.05, 3.63) is 27.4 Å². The summed E-state index contributed by atoms with van der Waals surface area (Å²) in [5.74, 6) is 0. The average Bonchev–Trinajstić information content (AvgIpc) is 2.20. The van der Waals surface area contributed by atoms with E-state index in [-0.39, 0.29) is 5.56 Å². The first-order valence-corrected chi connectivity index (χ1v) is 5.43. The minimum atomic E-state index is -0.143. The number of H-pyrrole nitrogens is 1. The maximum Gasteiger partial charge on any atom is 0.251 e. The van der Waals surface area contributed by atoms with E-state index < -0.39 is 0 Å². The third-order valence-corrected chi connectivity index (χ3v) is 2.48. The van der Waals surface area contributed by atoms with Crippen molar-refractivity contribution in [2.24, 2.45) is 0 Å². The molecule has 0 bridgehead atoms. The largest absolute Gasteiger partial charge is 0.385 e. The van der Waals surface area contributed by atoms with E-state index in [0.717, 1.165) is 32.4 Å². The molecular weight excluding hydrogens is 212 g/mol. The summed E-state index contributed by atoms with van der Waals surface area (Å²) in [5, 5.41) is 0. The van der Waals surface area contributed by atoms with Crippen molar-refractivity contribution >= 4 is 12.2 Å². The molecule has 0 aliphatic heterocycles. The van der Waals surface area contributed by atoms with Crippen LogP contribution in [0.3, 0.4) is 0 Å². The van der Waals surface area contributed by atoms with E-state index in [9.17, 15) is 4.79 Å². The molecule has 0 spiro atoms. The highest BCUT2D eigenvalue weighted by Crippen LogP contribution is 1.99. The van der Waals surface area contributed by atoms with E-state index in [1.807, 2.05) is 4.57 Å². The predicted molar refractivity (Wildman–Crippen MR) is 61.6 cm³/mol. The summed E-state index contributed by atoms with van der Waals surface area (Å²) >= 11 is 5.02. The van der Waals surface area contributed by atoms with Crippen molar-refractivity contribution in [3.8, 4) is 0 Å². The van der Waals surface area contributed by atoms with Crippen molar-refractivity contribution in [2.45, 2.75) is 25.8 Å². The van der Waals surface area contributed by atoms with Crippen LogP contribution in [0.25, 0.3) is 0 Å². The van der Waals surface area contributed by atoms with Crippen LogP contribution in [0.15, 0.2) is 17.1 Å². The first kappa shape index (κ1) is 12.1. The fourth-order valence-electron chi connectivity index (χ4n) is 1.33. The van der Waals surface area contributed by atoms with Gasteiger partial charge in [-0.25, -0.2) is 0 Å². The molecule has 0 atom stereocenters. The Balaban J connectivity index is 2.38. The number of unbranched alkanes of at least 4 members (excludes halogenated alkanes) is 2. The lowest BCUT2D eigenvalue weighted by molar-refractivity contribution is 0.191. The summed E-state index contributed by atoms with van der Waals surface area (Å²) in [6.07, 6.45) is 4.95. The number of nitrogens with one attached hydrogen (secondary N) is 1. The highest BCUT2D eigenvalue weighted by atomic mass is 32.1. The summed E-state index contributed by atoms with van der Waals surface area (Å²) in [6, 6.07) is 1.49. The van der Waals surface area contributed by atoms with Crippen molar-refractivity contribution in [2.75, 3.05) is 13.7 Å². The summed E-state index contributed by atoms with van der Waals surface area (Å²) in [7, 11) is 1.71. The Kier molecular flexibility index (Phi) is 5.28. The van der Waals surface area contributed by atoms with Crippen LogP contribution >= 0.6 is 12.2 Å². The molecule has 0 amide bonds. The van der Waals surface area contributed by atoms with E-state index in [4.69, 9.17) is 17.0 Å². The molecule has 0 radical (unpaired) electrons. The van der Waals surface area contributed by atoms with Crippen LogP contribution in [0.4, 0.5) is 0 Å². The Bertz CT molecular complexity index is 397. The fourth-order valence-corrected chi connectivity index (χ4v) is 1.58. The number of methoxy groups -OCH3 is 1. The molecule has 0 unspecified atom stereocenters. The standard InChI is InChI=1S/C10H16N2O2S/c1-14-8-4-2-3-6-12-7-5-9(13)11-10(12)15/h5,7H,2-4,6,8H2,1H3,(H,11,13,15). The van der Waals surface area contributed by atoms with Gasteiger partial charge >= 0.3 is 0 Å². The lowest BCUT2D eigenvalue weighted by Crippen LogP contribution is -2.11. The third-order valence-electron chi connectivity index (χ3n) is 2.14. The van der Waals surface area contributed by atoms with Gasteiger partial charge in [0.25, 0.3) is 5.56 Å². The highest BCUT2D eigenvalue weighted by molar-refractivity contribution is 7.71. The third kappa shape index (κ3) is 4.40. The monoisotopic (exact) mass is 228 g/mol. The minimum Gasteiger partial charge on any atom is -0.385 e. The van der Waals surface area contributed by atoms with Gasteiger partial charge in [0.05, 0.1) is 0 Å². The lowest BCUT2D eigenvalue weighted by atomic mass is 10.2. The van der Waals surface area contributed by atoms with Gasteiger partial charge in [-0.2, -0.15) is 0 Å². The van der Waals surface area contributed by atoms with Crippen molar-refractivity contribution in [1.82, 2.24) is 9.55 Å². The highest BCUT2D eigenvalue weighted by Gasteiger charge is 1.93. The second-order valence-corrected chi connectivity index (χ2v) is 3.74. The zero-order chi connectivity index (χ0) is 11.1. The molecule has 1 N–H and O–H groups in total. The van der Waals surface area contributed by atoms with Crippen LogP contribution in [0.1, 0.15) is 19.3 Å². The lowest BCUT2D eigenvalue weighted by Gasteiger charge is -2.05. The molecule has 84 valence electrons. The second-order valence-electron chi connectivity index (χ2n) is 3.36. The number of rotatable bonds is 6. The topological polar surface area (TPSA) is 47.0 Å². The smallest absolute Gasteiger partial charge is 0.251 e. The Morgan fingerprint density at radius 3 is 2.93 bits per heavy atom. The van der Waals surface area contributed by atoms with E-state index in [2.05, 4.69) is 4.98 Å². The van der Waals surface area contributed by atoms with Crippen molar-refractivity contribution < 1.29 is 4.74 Å². The van der Waals surface area contributed by atoms with Gasteiger partial charge in [0, 0.05) is 32.5 Å². The number of hydrogen-bond donors (Lipinski definition) is 1. The van der Waals surface area contributed by atoms with Crippen LogP contribution in [-0.2, 0) is 11.3 Å². The molecule has 0 fully saturated rings. The molecule has 1 aromatic rings. The van der Waals surface area contributed by atoms with E-state index in [1.54, 1.807) is 13.3 Å². The predicted octanol–water partition coefficient (Wildman–Crippen LogP) is 1.72. The second kappa shape index (κ2) is 6.53. The van der Waals surface area contributed by atoms with Crippen molar-refractivity contribution in [1.29, 1.82) is 0 Å². The number of nitrogens with zero attached hydrogens (tertiary/aromatic N) is 1. The van der Waals surface area contributed by atoms with E-state index in [0.29, 0.717) is 4.77 Å². The SMILES string of the molecule is COCCCCCn1ccc(=O)[nH]c1=S. The number of aromatic amines is 1. The Morgan fingerprint density at radius 2 is 2.27 bits per heavy atom. The van der Waals surface area contributed by atoms with Gasteiger partial charge in [-0.1, -0.05) is 0 Å². The average molecular weight is 228 g/mol. The zero-order valence-electron chi connectivity index (χ0n) is 8.86. The fraction of sp³-hybridized carbons (Fsp3) is 0.600. The molecule has 0 aliphatic carbocycles. The molecule has 15 heavy (non-hydrogen) atoms. The molecule has 1 heterocycles. The molecule has 0 saturated carbocycles. The molecule has 0 saturated heterocycles. The molecule has 1 aromatic heterocycles. The number of aryl methyl sites for hydroxylation is 1. The maximum atomic E-state index is 10.9. The van der Waals surface area contributed by atoms with Gasteiger partial charge in [-0.15, -0.1) is 0 Å². The quantitative estimate of drug-likeness (QED) is 0.595. The van der Waals surface area contributed by atoms with Gasteiger partial charge in [0.2, 0.25) is 0 Å². The van der Waals surface area contributed by atoms with Crippen LogP contribution < -0.4 is 5.56 Å². The van der Waals surface area contributed by atoms with E-state index in [1.165, 1.54) is 6.07 Å². The van der Waals surface area contributed by atoms with Crippen LogP contribution in [-0.4, -0.2) is 23.3 Å². The number of ether oxygens (including phenoxy) is 1. The molecule has 0 aliphatic rings. The van der Waals surface area contributed by atoms with Gasteiger partial charge in [0.1, 0.15) is 0 Å². The summed E-state index contributed by atoms with van der Waals surface area (Å²) in [4.78, 5) is 13.5. The summed E-state index contributed by atoms with van der Waals surface area (Å²) in [6.45, 7) is 1.65. The molecular formula is C10H16N2O2S. The summed E-state index contributed by atoms with van der Waals surface area (Å²) in [5.41, 5.74) is -0.143. The van der Waals surface area contributed by atoms with Crippen LogP contribution in [0.2, 0.25) is 0 Å². The van der Waals surface area contributed by atoms with Crippen molar-refractivity contribution in [3.63, 3.8) is 0 Å². The Labute approximate surface area is 93.9 Å². The van der Waals surface area contributed by atoms with E-state index >= 15 is 0 Å². The molecule has 1 rings (SSSR count). The maximum absolute atomic E-state index is 10.9. The Morgan fingerprint density at radius 1 is 1.47 bits per heavy atom.